The number of rotatable bonds is 8. The van der Waals surface area contributed by atoms with Crippen LogP contribution < -0.4 is 15.8 Å². The van der Waals surface area contributed by atoms with Gasteiger partial charge >= 0.3 is 6.18 Å². The average Bonchev–Trinajstić information content (AvgIpc) is 2.48. The number of para-hydroxylation sites is 1. The Morgan fingerprint density at radius 2 is 2.05 bits per heavy atom. The zero-order valence-corrected chi connectivity index (χ0v) is 12.5. The number of amides is 1. The largest absolute Gasteiger partial charge is 0.488 e. The number of hydrogen-bond acceptors (Lipinski definition) is 3. The molecule has 22 heavy (non-hydrogen) atoms. The molecule has 0 saturated heterocycles. The third-order valence-electron chi connectivity index (χ3n) is 3.08. The fourth-order valence-electron chi connectivity index (χ4n) is 1.83. The number of hydrogen-bond donors (Lipinski definition) is 2. The van der Waals surface area contributed by atoms with Crippen LogP contribution >= 0.6 is 0 Å². The third-order valence-corrected chi connectivity index (χ3v) is 3.08. The van der Waals surface area contributed by atoms with Gasteiger partial charge < -0.3 is 15.8 Å². The second-order valence-electron chi connectivity index (χ2n) is 4.84. The van der Waals surface area contributed by atoms with Crippen LogP contribution in [0.3, 0.4) is 0 Å². The molecule has 4 nitrogen and oxygen atoms in total. The second-order valence-corrected chi connectivity index (χ2v) is 4.84. The number of benzene rings is 1. The van der Waals surface area contributed by atoms with Crippen molar-refractivity contribution in [3.8, 4) is 5.75 Å². The molecule has 1 aromatic rings. The number of carbonyl (C=O) groups excluding carboxylic acids is 1. The third kappa shape index (κ3) is 5.93. The van der Waals surface area contributed by atoms with Gasteiger partial charge in [-0.2, -0.15) is 13.2 Å². The monoisotopic (exact) mass is 318 g/mol. The van der Waals surface area contributed by atoms with Crippen LogP contribution in [0.15, 0.2) is 24.3 Å². The summed E-state index contributed by atoms with van der Waals surface area (Å²) in [5.41, 5.74) is 4.49. The topological polar surface area (TPSA) is 64.4 Å². The van der Waals surface area contributed by atoms with E-state index in [2.05, 4.69) is 5.32 Å². The van der Waals surface area contributed by atoms with Crippen molar-refractivity contribution in [3.63, 3.8) is 0 Å². The Kier molecular flexibility index (Phi) is 7.17. The van der Waals surface area contributed by atoms with E-state index in [9.17, 15) is 18.0 Å². The van der Waals surface area contributed by atoms with Gasteiger partial charge in [0.1, 0.15) is 11.9 Å². The highest BCUT2D eigenvalue weighted by Crippen LogP contribution is 2.36. The van der Waals surface area contributed by atoms with Gasteiger partial charge in [-0.3, -0.25) is 4.79 Å². The van der Waals surface area contributed by atoms with Crippen molar-refractivity contribution in [2.75, 3.05) is 13.1 Å². The summed E-state index contributed by atoms with van der Waals surface area (Å²) in [4.78, 5) is 11.5. The number of halogens is 3. The Labute approximate surface area is 127 Å². The molecule has 0 radical (unpaired) electrons. The van der Waals surface area contributed by atoms with Gasteiger partial charge in [0.25, 0.3) is 0 Å². The van der Waals surface area contributed by atoms with Crippen LogP contribution in [0.1, 0.15) is 31.7 Å². The lowest BCUT2D eigenvalue weighted by Gasteiger charge is -2.21. The van der Waals surface area contributed by atoms with E-state index in [-0.39, 0.29) is 18.2 Å². The first-order valence-electron chi connectivity index (χ1n) is 7.18. The SMILES string of the molecule is CCC(CNC(=O)CCCN)Oc1ccccc1C(F)(F)F. The summed E-state index contributed by atoms with van der Waals surface area (Å²) in [5, 5.41) is 2.65. The summed E-state index contributed by atoms with van der Waals surface area (Å²) >= 11 is 0. The van der Waals surface area contributed by atoms with Gasteiger partial charge in [0, 0.05) is 6.42 Å². The highest BCUT2D eigenvalue weighted by Gasteiger charge is 2.34. The fraction of sp³-hybridized carbons (Fsp3) is 0.533. The van der Waals surface area contributed by atoms with Gasteiger partial charge in [0.15, 0.2) is 0 Å². The van der Waals surface area contributed by atoms with Gasteiger partial charge in [-0.25, -0.2) is 0 Å². The first-order valence-corrected chi connectivity index (χ1v) is 7.18. The molecule has 7 heteroatoms. The first-order chi connectivity index (χ1) is 10.4. The molecule has 0 fully saturated rings. The molecule has 1 amide bonds. The molecular formula is C15H21F3N2O2. The zero-order valence-electron chi connectivity index (χ0n) is 12.5. The summed E-state index contributed by atoms with van der Waals surface area (Å²) in [6, 6.07) is 5.05. The minimum absolute atomic E-state index is 0.159. The molecule has 0 bridgehead atoms. The lowest BCUT2D eigenvalue weighted by Crippen LogP contribution is -2.35. The van der Waals surface area contributed by atoms with E-state index in [4.69, 9.17) is 10.5 Å². The maximum absolute atomic E-state index is 12.9. The number of carbonyl (C=O) groups is 1. The number of nitrogens with one attached hydrogen (secondary N) is 1. The second kappa shape index (κ2) is 8.63. The van der Waals surface area contributed by atoms with Gasteiger partial charge in [-0.1, -0.05) is 19.1 Å². The molecule has 0 aliphatic carbocycles. The van der Waals surface area contributed by atoms with Gasteiger partial charge in [-0.15, -0.1) is 0 Å². The van der Waals surface area contributed by atoms with E-state index in [1.54, 1.807) is 6.92 Å². The molecule has 1 rings (SSSR count). The minimum Gasteiger partial charge on any atom is -0.488 e. The highest BCUT2D eigenvalue weighted by atomic mass is 19.4. The molecule has 0 aromatic heterocycles. The summed E-state index contributed by atoms with van der Waals surface area (Å²) in [5.74, 6) is -0.408. The van der Waals surface area contributed by atoms with Gasteiger partial charge in [-0.05, 0) is 31.5 Å². The quantitative estimate of drug-likeness (QED) is 0.774. The Hall–Kier alpha value is -1.76. The molecule has 0 spiro atoms. The molecule has 3 N–H and O–H groups in total. The molecule has 1 unspecified atom stereocenters. The van der Waals surface area contributed by atoms with Crippen LogP contribution in [0.4, 0.5) is 13.2 Å². The molecule has 0 aliphatic heterocycles. The maximum Gasteiger partial charge on any atom is 0.419 e. The maximum atomic E-state index is 12.9. The Balaban J connectivity index is 2.65. The Morgan fingerprint density at radius 1 is 1.36 bits per heavy atom. The molecule has 1 aromatic carbocycles. The lowest BCUT2D eigenvalue weighted by molar-refractivity contribution is -0.139. The molecule has 1 atom stereocenters. The van der Waals surface area contributed by atoms with Crippen LogP contribution in [-0.2, 0) is 11.0 Å². The van der Waals surface area contributed by atoms with Crippen molar-refractivity contribution in [2.24, 2.45) is 5.73 Å². The zero-order chi connectivity index (χ0) is 16.6. The van der Waals surface area contributed by atoms with E-state index in [1.807, 2.05) is 0 Å². The van der Waals surface area contributed by atoms with E-state index < -0.39 is 17.8 Å². The van der Waals surface area contributed by atoms with Crippen molar-refractivity contribution in [2.45, 2.75) is 38.5 Å². The smallest absolute Gasteiger partial charge is 0.419 e. The van der Waals surface area contributed by atoms with Crippen LogP contribution in [0, 0.1) is 0 Å². The summed E-state index contributed by atoms with van der Waals surface area (Å²) in [6.07, 6.45) is -3.65. The average molecular weight is 318 g/mol. The predicted octanol–water partition coefficient (Wildman–Crippen LogP) is 2.72. The molecular weight excluding hydrogens is 297 g/mol. The highest BCUT2D eigenvalue weighted by molar-refractivity contribution is 5.75. The van der Waals surface area contributed by atoms with Crippen molar-refractivity contribution in [1.82, 2.24) is 5.32 Å². The fourth-order valence-corrected chi connectivity index (χ4v) is 1.83. The van der Waals surface area contributed by atoms with Crippen LogP contribution in [0.5, 0.6) is 5.75 Å². The van der Waals surface area contributed by atoms with Crippen molar-refractivity contribution < 1.29 is 22.7 Å². The minimum atomic E-state index is -4.47. The molecule has 124 valence electrons. The van der Waals surface area contributed by atoms with Crippen LogP contribution in [0.2, 0.25) is 0 Å². The van der Waals surface area contributed by atoms with Crippen LogP contribution in [0.25, 0.3) is 0 Å². The van der Waals surface area contributed by atoms with Crippen LogP contribution in [-0.4, -0.2) is 25.1 Å². The predicted molar refractivity (Wildman–Crippen MR) is 77.4 cm³/mol. The summed E-state index contributed by atoms with van der Waals surface area (Å²) < 4.78 is 44.1. The summed E-state index contributed by atoms with van der Waals surface area (Å²) in [7, 11) is 0. The molecule has 0 heterocycles. The van der Waals surface area contributed by atoms with Crippen molar-refractivity contribution in [1.29, 1.82) is 0 Å². The normalized spacial score (nSPS) is 12.8. The van der Waals surface area contributed by atoms with Crippen molar-refractivity contribution in [3.05, 3.63) is 29.8 Å². The van der Waals surface area contributed by atoms with E-state index in [0.29, 0.717) is 25.8 Å². The van der Waals surface area contributed by atoms with Crippen molar-refractivity contribution >= 4 is 5.91 Å². The van der Waals surface area contributed by atoms with E-state index in [1.165, 1.54) is 18.2 Å². The Bertz CT molecular complexity index is 478. The standard InChI is InChI=1S/C15H21F3N2O2/c1-2-11(10-20-14(21)8-5-9-19)22-13-7-4-3-6-12(13)15(16,17)18/h3-4,6-7,11H,2,5,8-10,19H2,1H3,(H,20,21). The first kappa shape index (κ1) is 18.3. The number of alkyl halides is 3. The number of nitrogens with two attached hydrogens (primary N) is 1. The van der Waals surface area contributed by atoms with Gasteiger partial charge in [0.2, 0.25) is 5.91 Å². The lowest BCUT2D eigenvalue weighted by atomic mass is 10.2. The van der Waals surface area contributed by atoms with E-state index in [0.717, 1.165) is 6.07 Å². The Morgan fingerprint density at radius 3 is 2.64 bits per heavy atom. The molecule has 0 aliphatic rings. The number of ether oxygens (including phenoxy) is 1. The summed E-state index contributed by atoms with van der Waals surface area (Å²) in [6.45, 7) is 2.36. The van der Waals surface area contributed by atoms with Gasteiger partial charge in [0.05, 0.1) is 12.1 Å². The van der Waals surface area contributed by atoms with E-state index >= 15 is 0 Å². The molecule has 0 saturated carbocycles.